The van der Waals surface area contributed by atoms with Crippen molar-refractivity contribution in [2.75, 3.05) is 26.4 Å². The van der Waals surface area contributed by atoms with Crippen LogP contribution in [-0.4, -0.2) is 215 Å². The molecular weight excluding hydrogens is 1040 g/mol. The number of unbranched alkanes of at least 4 members (excludes halogenated alkanes) is 17. The Labute approximate surface area is 466 Å². The number of aliphatic hydroxyl groups excluding tert-OH is 11. The Balaban J connectivity index is 1.70. The van der Waals surface area contributed by atoms with Crippen LogP contribution in [0.15, 0.2) is 24.3 Å². The van der Waals surface area contributed by atoms with Gasteiger partial charge in [-0.2, -0.15) is 0 Å². The van der Waals surface area contributed by atoms with E-state index in [4.69, 9.17) is 28.4 Å². The maximum atomic E-state index is 13.3. The Hall–Kier alpha value is -2.79. The number of amides is 2. The minimum Gasteiger partial charge on any atom is -0.477 e. The predicted molar refractivity (Wildman–Crippen MR) is 288 cm³/mol. The smallest absolute Gasteiger partial charge is 0.364 e. The number of hydrogen-bond donors (Lipinski definition) is 14. The van der Waals surface area contributed by atoms with Gasteiger partial charge in [0.15, 0.2) is 12.6 Å². The quantitative estimate of drug-likeness (QED) is 0.0306. The summed E-state index contributed by atoms with van der Waals surface area (Å²) in [4.78, 5) is 38.3. The molecule has 3 rings (SSSR count). The molecule has 2 amide bonds. The first-order valence-corrected chi connectivity index (χ1v) is 29.2. The van der Waals surface area contributed by atoms with Gasteiger partial charge in [-0.1, -0.05) is 147 Å². The number of aliphatic carboxylic acids is 1. The van der Waals surface area contributed by atoms with E-state index in [9.17, 15) is 75.7 Å². The monoisotopic (exact) mass is 1140 g/mol. The molecule has 0 aromatic heterocycles. The zero-order chi connectivity index (χ0) is 58.3. The third-order valence-corrected chi connectivity index (χ3v) is 14.9. The number of ether oxygens (including phenoxy) is 6. The van der Waals surface area contributed by atoms with E-state index in [-0.39, 0.29) is 12.3 Å². The summed E-state index contributed by atoms with van der Waals surface area (Å²) in [6, 6.07) is -2.56. The molecule has 0 aliphatic carbocycles. The fraction of sp³-hybridized carbons (Fsp3) is 0.875. The Morgan fingerprint density at radius 2 is 1.22 bits per heavy atom. The van der Waals surface area contributed by atoms with Crippen LogP contribution in [0.3, 0.4) is 0 Å². The van der Waals surface area contributed by atoms with E-state index in [1.807, 2.05) is 12.2 Å². The number of carbonyl (C=O) groups is 3. The maximum Gasteiger partial charge on any atom is 0.364 e. The van der Waals surface area contributed by atoms with E-state index >= 15 is 0 Å². The number of nitrogens with one attached hydrogen (secondary N) is 2. The molecule has 460 valence electrons. The number of carboxylic acid groups (broad SMARTS) is 1. The maximum absolute atomic E-state index is 13.3. The van der Waals surface area contributed by atoms with E-state index in [1.165, 1.54) is 77.0 Å². The highest BCUT2D eigenvalue weighted by Gasteiger charge is 2.60. The van der Waals surface area contributed by atoms with Gasteiger partial charge in [0, 0.05) is 19.8 Å². The predicted octanol–water partition coefficient (Wildman–Crippen LogP) is 1.77. The van der Waals surface area contributed by atoms with Gasteiger partial charge in [-0.15, -0.1) is 0 Å². The van der Waals surface area contributed by atoms with Gasteiger partial charge in [0.2, 0.25) is 11.8 Å². The van der Waals surface area contributed by atoms with E-state index < -0.39 is 155 Å². The number of carbonyl (C=O) groups excluding carboxylic acids is 2. The molecule has 23 nitrogen and oxygen atoms in total. The van der Waals surface area contributed by atoms with Crippen LogP contribution in [0.5, 0.6) is 0 Å². The summed E-state index contributed by atoms with van der Waals surface area (Å²) < 4.78 is 34.6. The average Bonchev–Trinajstić information content (AvgIpc) is 3.50. The highest BCUT2D eigenvalue weighted by atomic mass is 16.8. The highest BCUT2D eigenvalue weighted by molar-refractivity contribution is 5.77. The topological polar surface area (TPSA) is 373 Å². The Morgan fingerprint density at radius 1 is 0.658 bits per heavy atom. The average molecular weight is 1140 g/mol. The van der Waals surface area contributed by atoms with Crippen molar-refractivity contribution in [3.05, 3.63) is 24.3 Å². The molecule has 0 saturated carbocycles. The first-order chi connectivity index (χ1) is 37.9. The summed E-state index contributed by atoms with van der Waals surface area (Å²) >= 11 is 0. The lowest BCUT2D eigenvalue weighted by Crippen LogP contribution is -2.70. The van der Waals surface area contributed by atoms with E-state index in [0.29, 0.717) is 19.3 Å². The normalized spacial score (nSPS) is 31.0. The number of aliphatic hydroxyl groups is 11. The van der Waals surface area contributed by atoms with Crippen molar-refractivity contribution in [2.24, 2.45) is 0 Å². The number of allylic oxidation sites excluding steroid dienone is 4. The van der Waals surface area contributed by atoms with E-state index in [1.54, 1.807) is 0 Å². The van der Waals surface area contributed by atoms with Crippen LogP contribution in [0.1, 0.15) is 175 Å². The van der Waals surface area contributed by atoms with Crippen molar-refractivity contribution >= 4 is 17.8 Å². The molecule has 14 N–H and O–H groups in total. The Morgan fingerprint density at radius 3 is 1.77 bits per heavy atom. The molecule has 3 aliphatic rings. The summed E-state index contributed by atoms with van der Waals surface area (Å²) in [6.07, 6.45) is 2.41. The van der Waals surface area contributed by atoms with Gasteiger partial charge in [0.25, 0.3) is 5.79 Å². The SMILES string of the molecule is CCCCCCCC/C=C\C/C=C\CCC(=O)NC(COC1OC(CO)C(OC2OC(CO)C(O)C(OC3(C(=O)O)CC(O)C(NC(C)=O)C(C(O)C(O)CO)O3)C2O)C(O)C1O)C(O)CCCCCCCCCCCCCC. The molecule has 79 heavy (non-hydrogen) atoms. The van der Waals surface area contributed by atoms with Crippen LogP contribution < -0.4 is 10.6 Å². The minimum atomic E-state index is -3.08. The Kier molecular flexibility index (Phi) is 34.7. The first-order valence-electron chi connectivity index (χ1n) is 29.2. The van der Waals surface area contributed by atoms with Gasteiger partial charge in [-0.05, 0) is 32.1 Å². The summed E-state index contributed by atoms with van der Waals surface area (Å²) in [5.74, 6) is -6.18. The van der Waals surface area contributed by atoms with E-state index in [2.05, 4.69) is 36.6 Å². The minimum absolute atomic E-state index is 0.117. The zero-order valence-electron chi connectivity index (χ0n) is 47.0. The molecule has 0 aromatic rings. The van der Waals surface area contributed by atoms with Crippen molar-refractivity contribution in [1.82, 2.24) is 10.6 Å². The Bertz CT molecular complexity index is 1730. The molecule has 3 heterocycles. The molecule has 18 unspecified atom stereocenters. The lowest BCUT2D eigenvalue weighted by Gasteiger charge is -2.50. The molecular formula is C56H100N2O21. The van der Waals surface area contributed by atoms with Crippen LogP contribution in [0.25, 0.3) is 0 Å². The van der Waals surface area contributed by atoms with Crippen LogP contribution in [0, 0.1) is 0 Å². The molecule has 0 bridgehead atoms. The van der Waals surface area contributed by atoms with Gasteiger partial charge >= 0.3 is 5.97 Å². The molecule has 3 fully saturated rings. The fourth-order valence-electron chi connectivity index (χ4n) is 10.2. The van der Waals surface area contributed by atoms with Crippen molar-refractivity contribution in [1.29, 1.82) is 0 Å². The van der Waals surface area contributed by atoms with Crippen LogP contribution >= 0.6 is 0 Å². The summed E-state index contributed by atoms with van der Waals surface area (Å²) in [5.41, 5.74) is 0. The van der Waals surface area contributed by atoms with Crippen molar-refractivity contribution in [3.8, 4) is 0 Å². The van der Waals surface area contributed by atoms with Gasteiger partial charge < -0.3 is 100 Å². The van der Waals surface area contributed by atoms with Gasteiger partial charge in [0.1, 0.15) is 67.1 Å². The standard InChI is InChI=1S/C56H100N2O21/c1-4-6-8-10-12-14-16-18-20-22-24-26-28-30-43(66)58-37(38(63)29-27-25-23-21-19-17-15-13-11-9-7-5-2)35-74-53-48(70)47(69)50(42(34-61)76-53)77-54-49(71)52(46(68)41(33-60)75-54)79-56(55(72)73)31-39(64)44(57-36(3)62)51(78-56)45(67)40(65)32-59/h18,20,24,26,37-42,44-54,59-61,63-65,67-71H,4-17,19,21-23,25,27-35H2,1-3H3,(H,57,62)(H,58,66)(H,72,73)/b20-18-,26-24-. The molecule has 0 spiro atoms. The van der Waals surface area contributed by atoms with Crippen molar-refractivity contribution < 1.29 is 104 Å². The van der Waals surface area contributed by atoms with Gasteiger partial charge in [0.05, 0.1) is 50.7 Å². The molecule has 3 saturated heterocycles. The second kappa shape index (κ2) is 38.9. The fourth-order valence-corrected chi connectivity index (χ4v) is 10.2. The van der Waals surface area contributed by atoms with Crippen LogP contribution in [0.4, 0.5) is 0 Å². The first kappa shape index (κ1) is 70.5. The molecule has 0 aromatic carbocycles. The molecule has 23 heteroatoms. The second-order valence-electron chi connectivity index (χ2n) is 21.5. The lowest BCUT2D eigenvalue weighted by molar-refractivity contribution is -0.386. The summed E-state index contributed by atoms with van der Waals surface area (Å²) in [6.45, 7) is 2.08. The molecule has 0 radical (unpaired) electrons. The van der Waals surface area contributed by atoms with E-state index in [0.717, 1.165) is 51.9 Å². The van der Waals surface area contributed by atoms with Crippen molar-refractivity contribution in [3.63, 3.8) is 0 Å². The molecule has 18 atom stereocenters. The summed E-state index contributed by atoms with van der Waals surface area (Å²) in [7, 11) is 0. The van der Waals surface area contributed by atoms with Crippen molar-refractivity contribution in [2.45, 2.75) is 285 Å². The van der Waals surface area contributed by atoms with Gasteiger partial charge in [-0.3, -0.25) is 9.59 Å². The highest BCUT2D eigenvalue weighted by Crippen LogP contribution is 2.38. The van der Waals surface area contributed by atoms with Gasteiger partial charge in [-0.25, -0.2) is 4.79 Å². The summed E-state index contributed by atoms with van der Waals surface area (Å²) in [5, 5.41) is 135. The third-order valence-electron chi connectivity index (χ3n) is 14.9. The zero-order valence-corrected chi connectivity index (χ0v) is 47.0. The number of carboxylic acids is 1. The second-order valence-corrected chi connectivity index (χ2v) is 21.5. The lowest BCUT2D eigenvalue weighted by atomic mass is 9.88. The number of hydrogen-bond acceptors (Lipinski definition) is 20. The molecule has 3 aliphatic heterocycles. The largest absolute Gasteiger partial charge is 0.477 e. The number of rotatable bonds is 41. The third kappa shape index (κ3) is 23.8. The van der Waals surface area contributed by atoms with Crippen LogP contribution in [0.2, 0.25) is 0 Å². The van der Waals surface area contributed by atoms with Crippen LogP contribution in [-0.2, 0) is 42.8 Å².